The lowest BCUT2D eigenvalue weighted by atomic mass is 9.99. The highest BCUT2D eigenvalue weighted by Gasteiger charge is 2.33. The van der Waals surface area contributed by atoms with Crippen LogP contribution in [0.3, 0.4) is 0 Å². The van der Waals surface area contributed by atoms with E-state index in [1.54, 1.807) is 19.1 Å². The number of ether oxygens (including phenoxy) is 1. The Morgan fingerprint density at radius 1 is 1.23 bits per heavy atom. The Labute approximate surface area is 180 Å². The van der Waals surface area contributed by atoms with Gasteiger partial charge in [-0.25, -0.2) is 18.2 Å². The number of esters is 1. The molecule has 30 heavy (non-hydrogen) atoms. The lowest BCUT2D eigenvalue weighted by molar-refractivity contribution is -0.120. The smallest absolute Gasteiger partial charge is 0.338 e. The summed E-state index contributed by atoms with van der Waals surface area (Å²) in [5.74, 6) is -0.932. The lowest BCUT2D eigenvalue weighted by Gasteiger charge is -2.31. The van der Waals surface area contributed by atoms with Crippen LogP contribution in [-0.4, -0.2) is 49.3 Å². The molecule has 1 aromatic carbocycles. The van der Waals surface area contributed by atoms with E-state index < -0.39 is 21.9 Å². The van der Waals surface area contributed by atoms with Gasteiger partial charge >= 0.3 is 5.97 Å². The molecule has 1 saturated heterocycles. The van der Waals surface area contributed by atoms with Crippen molar-refractivity contribution in [1.29, 1.82) is 0 Å². The SMILES string of the molecule is CCOC(=O)c1ccc(S(=O)(=O)N2CCC[C@@H](C(=O)Nc3ccc(Cl)cn3)C2)cc1. The number of benzene rings is 1. The molecule has 1 aliphatic rings. The largest absolute Gasteiger partial charge is 0.462 e. The van der Waals surface area contributed by atoms with Crippen molar-refractivity contribution in [3.05, 3.63) is 53.2 Å². The van der Waals surface area contributed by atoms with Crippen LogP contribution in [0.2, 0.25) is 5.02 Å². The van der Waals surface area contributed by atoms with Gasteiger partial charge in [-0.2, -0.15) is 4.31 Å². The van der Waals surface area contributed by atoms with E-state index in [0.29, 0.717) is 30.2 Å². The third-order valence-corrected chi connectivity index (χ3v) is 6.84. The highest BCUT2D eigenvalue weighted by atomic mass is 35.5. The maximum atomic E-state index is 13.0. The Bertz CT molecular complexity index is 1010. The molecule has 160 valence electrons. The van der Waals surface area contributed by atoms with Crippen molar-refractivity contribution in [2.24, 2.45) is 5.92 Å². The Morgan fingerprint density at radius 2 is 1.97 bits per heavy atom. The van der Waals surface area contributed by atoms with Crippen LogP contribution in [-0.2, 0) is 19.6 Å². The van der Waals surface area contributed by atoms with Crippen LogP contribution >= 0.6 is 11.6 Å². The molecule has 1 fully saturated rings. The molecule has 8 nitrogen and oxygen atoms in total. The molecule has 0 unspecified atom stereocenters. The number of halogens is 1. The van der Waals surface area contributed by atoms with Crippen LogP contribution in [0.4, 0.5) is 5.82 Å². The summed E-state index contributed by atoms with van der Waals surface area (Å²) < 4.78 is 32.2. The van der Waals surface area contributed by atoms with Gasteiger partial charge in [-0.3, -0.25) is 4.79 Å². The van der Waals surface area contributed by atoms with Gasteiger partial charge in [0.25, 0.3) is 0 Å². The first kappa shape index (κ1) is 22.2. The number of pyridine rings is 1. The van der Waals surface area contributed by atoms with Crippen molar-refractivity contribution in [2.45, 2.75) is 24.7 Å². The van der Waals surface area contributed by atoms with E-state index in [-0.39, 0.29) is 29.5 Å². The lowest BCUT2D eigenvalue weighted by Crippen LogP contribution is -2.43. The number of hydrogen-bond donors (Lipinski definition) is 1. The molecular weight excluding hydrogens is 430 g/mol. The first-order chi connectivity index (χ1) is 14.3. The number of aromatic nitrogens is 1. The fraction of sp³-hybridized carbons (Fsp3) is 0.350. The van der Waals surface area contributed by atoms with E-state index in [1.807, 2.05) is 0 Å². The molecule has 2 aromatic rings. The van der Waals surface area contributed by atoms with Gasteiger partial charge in [-0.15, -0.1) is 0 Å². The van der Waals surface area contributed by atoms with Gasteiger partial charge in [0.2, 0.25) is 15.9 Å². The normalized spacial score (nSPS) is 17.3. The van der Waals surface area contributed by atoms with Crippen LogP contribution in [0, 0.1) is 5.92 Å². The summed E-state index contributed by atoms with van der Waals surface area (Å²) >= 11 is 5.79. The summed E-state index contributed by atoms with van der Waals surface area (Å²) in [6.45, 7) is 2.33. The van der Waals surface area contributed by atoms with Crippen molar-refractivity contribution in [3.63, 3.8) is 0 Å². The van der Waals surface area contributed by atoms with Crippen molar-refractivity contribution in [2.75, 3.05) is 25.0 Å². The zero-order valence-corrected chi connectivity index (χ0v) is 17.9. The van der Waals surface area contributed by atoms with E-state index in [9.17, 15) is 18.0 Å². The standard InChI is InChI=1S/C20H22ClN3O5S/c1-2-29-20(26)14-5-8-17(9-6-14)30(27,28)24-11-3-4-15(13-24)19(25)23-18-10-7-16(21)12-22-18/h5-10,12,15H,2-4,11,13H2,1H3,(H,22,23,25)/t15-/m1/s1. The number of carbonyl (C=O) groups excluding carboxylic acids is 2. The minimum Gasteiger partial charge on any atom is -0.462 e. The topological polar surface area (TPSA) is 106 Å². The second-order valence-corrected chi connectivity index (χ2v) is 9.17. The minimum atomic E-state index is -3.79. The Hall–Kier alpha value is -2.49. The van der Waals surface area contributed by atoms with Crippen LogP contribution in [0.5, 0.6) is 0 Å². The summed E-state index contributed by atoms with van der Waals surface area (Å²) in [4.78, 5) is 28.4. The van der Waals surface area contributed by atoms with Gasteiger partial charge in [0.1, 0.15) is 5.82 Å². The van der Waals surface area contributed by atoms with Gasteiger partial charge in [0, 0.05) is 19.3 Å². The van der Waals surface area contributed by atoms with Crippen LogP contribution in [0.1, 0.15) is 30.1 Å². The molecular formula is C20H22ClN3O5S. The molecule has 0 aliphatic carbocycles. The van der Waals surface area contributed by atoms with E-state index in [4.69, 9.17) is 16.3 Å². The summed E-state index contributed by atoms with van der Waals surface area (Å²) in [5.41, 5.74) is 0.280. The van der Waals surface area contributed by atoms with Crippen LogP contribution in [0.15, 0.2) is 47.5 Å². The third kappa shape index (κ3) is 5.16. The molecule has 3 rings (SSSR count). The predicted octanol–water partition coefficient (Wildman–Crippen LogP) is 2.95. The van der Waals surface area contributed by atoms with Crippen molar-refractivity contribution in [1.82, 2.24) is 9.29 Å². The molecule has 10 heteroatoms. The van der Waals surface area contributed by atoms with E-state index in [1.165, 1.54) is 34.8 Å². The van der Waals surface area contributed by atoms with Gasteiger partial charge in [0.15, 0.2) is 0 Å². The first-order valence-corrected chi connectivity index (χ1v) is 11.3. The summed E-state index contributed by atoms with van der Waals surface area (Å²) in [7, 11) is -3.79. The number of piperidine rings is 1. The molecule has 1 N–H and O–H groups in total. The Kier molecular flexibility index (Phi) is 7.06. The monoisotopic (exact) mass is 451 g/mol. The number of hydrogen-bond acceptors (Lipinski definition) is 6. The molecule has 2 heterocycles. The number of carbonyl (C=O) groups is 2. The van der Waals surface area contributed by atoms with Gasteiger partial charge in [0.05, 0.1) is 28.0 Å². The number of amides is 1. The second-order valence-electron chi connectivity index (χ2n) is 6.80. The maximum absolute atomic E-state index is 13.0. The number of anilines is 1. The molecule has 0 bridgehead atoms. The predicted molar refractivity (Wildman–Crippen MR) is 112 cm³/mol. The fourth-order valence-electron chi connectivity index (χ4n) is 3.18. The van der Waals surface area contributed by atoms with Gasteiger partial charge < -0.3 is 10.1 Å². The fourth-order valence-corrected chi connectivity index (χ4v) is 4.81. The molecule has 1 aliphatic heterocycles. The zero-order valence-electron chi connectivity index (χ0n) is 16.4. The number of rotatable bonds is 6. The highest BCUT2D eigenvalue weighted by molar-refractivity contribution is 7.89. The summed E-state index contributed by atoms with van der Waals surface area (Å²) in [6.07, 6.45) is 2.56. The van der Waals surface area contributed by atoms with Crippen LogP contribution in [0.25, 0.3) is 0 Å². The summed E-state index contributed by atoms with van der Waals surface area (Å²) in [6, 6.07) is 8.80. The first-order valence-electron chi connectivity index (χ1n) is 9.51. The Balaban J connectivity index is 1.69. The maximum Gasteiger partial charge on any atom is 0.338 e. The molecule has 0 radical (unpaired) electrons. The zero-order chi connectivity index (χ0) is 21.7. The average Bonchev–Trinajstić information content (AvgIpc) is 2.75. The quantitative estimate of drug-likeness (QED) is 0.677. The number of sulfonamides is 1. The number of nitrogens with zero attached hydrogens (tertiary/aromatic N) is 2. The molecule has 1 aromatic heterocycles. The third-order valence-electron chi connectivity index (χ3n) is 4.74. The summed E-state index contributed by atoms with van der Waals surface area (Å²) in [5, 5.41) is 3.16. The molecule has 0 saturated carbocycles. The van der Waals surface area contributed by atoms with Crippen molar-refractivity contribution >= 4 is 39.3 Å². The minimum absolute atomic E-state index is 0.0657. The molecule has 1 atom stereocenters. The highest BCUT2D eigenvalue weighted by Crippen LogP contribution is 2.25. The second kappa shape index (κ2) is 9.55. The molecule has 1 amide bonds. The van der Waals surface area contributed by atoms with E-state index >= 15 is 0 Å². The average molecular weight is 452 g/mol. The van der Waals surface area contributed by atoms with E-state index in [0.717, 1.165) is 0 Å². The van der Waals surface area contributed by atoms with Crippen molar-refractivity contribution in [3.8, 4) is 0 Å². The Morgan fingerprint density at radius 3 is 2.60 bits per heavy atom. The van der Waals surface area contributed by atoms with E-state index in [2.05, 4.69) is 10.3 Å². The molecule has 0 spiro atoms. The van der Waals surface area contributed by atoms with Gasteiger partial charge in [-0.1, -0.05) is 11.6 Å². The van der Waals surface area contributed by atoms with Crippen LogP contribution < -0.4 is 5.32 Å². The van der Waals surface area contributed by atoms with Crippen molar-refractivity contribution < 1.29 is 22.7 Å². The number of nitrogens with one attached hydrogen (secondary N) is 1. The van der Waals surface area contributed by atoms with Gasteiger partial charge in [-0.05, 0) is 56.2 Å².